The molecular formula is C15H28N2O2. The fraction of sp³-hybridized carbons (Fsp3) is 1.00. The van der Waals surface area contributed by atoms with Crippen LogP contribution >= 0.6 is 0 Å². The standard InChI is InChI=1S/C15H28N2O2/c1-12-11-17(6-2-14(12)16)13-3-7-19-15(10-13)4-8-18-9-5-15/h12-14H,2-11,16H2,1H3. The summed E-state index contributed by atoms with van der Waals surface area (Å²) in [6.45, 7) is 7.28. The monoisotopic (exact) mass is 268 g/mol. The van der Waals surface area contributed by atoms with Crippen molar-refractivity contribution in [1.82, 2.24) is 4.90 Å². The first-order valence-corrected chi connectivity index (χ1v) is 7.90. The second kappa shape index (κ2) is 5.68. The second-order valence-corrected chi connectivity index (χ2v) is 6.72. The van der Waals surface area contributed by atoms with E-state index in [2.05, 4.69) is 11.8 Å². The molecule has 0 aromatic heterocycles. The second-order valence-electron chi connectivity index (χ2n) is 6.72. The Morgan fingerprint density at radius 3 is 2.68 bits per heavy atom. The zero-order valence-corrected chi connectivity index (χ0v) is 12.1. The molecule has 0 aromatic carbocycles. The molecule has 4 nitrogen and oxygen atoms in total. The maximum atomic E-state index is 6.14. The molecule has 4 heteroatoms. The minimum atomic E-state index is 0.115. The van der Waals surface area contributed by atoms with Crippen molar-refractivity contribution >= 4 is 0 Å². The number of nitrogens with two attached hydrogens (primary N) is 1. The van der Waals surface area contributed by atoms with Gasteiger partial charge in [-0.15, -0.1) is 0 Å². The lowest BCUT2D eigenvalue weighted by molar-refractivity contribution is -0.153. The first-order chi connectivity index (χ1) is 9.19. The van der Waals surface area contributed by atoms with Crippen LogP contribution in [0.3, 0.4) is 0 Å². The number of hydrogen-bond acceptors (Lipinski definition) is 4. The summed E-state index contributed by atoms with van der Waals surface area (Å²) in [6.07, 6.45) is 5.68. The Balaban J connectivity index is 1.61. The number of piperidine rings is 1. The van der Waals surface area contributed by atoms with Gasteiger partial charge in [0.05, 0.1) is 5.60 Å². The molecule has 3 fully saturated rings. The molecule has 1 spiro atoms. The van der Waals surface area contributed by atoms with E-state index in [9.17, 15) is 0 Å². The molecule has 0 saturated carbocycles. The summed E-state index contributed by atoms with van der Waals surface area (Å²) in [6, 6.07) is 1.09. The van der Waals surface area contributed by atoms with Crippen LogP contribution in [0.2, 0.25) is 0 Å². The summed E-state index contributed by atoms with van der Waals surface area (Å²) < 4.78 is 11.6. The van der Waals surface area contributed by atoms with Crippen LogP contribution < -0.4 is 5.73 Å². The van der Waals surface area contributed by atoms with E-state index in [0.717, 1.165) is 39.1 Å². The van der Waals surface area contributed by atoms with Crippen LogP contribution in [0.4, 0.5) is 0 Å². The van der Waals surface area contributed by atoms with E-state index in [-0.39, 0.29) is 5.60 Å². The maximum Gasteiger partial charge on any atom is 0.0741 e. The minimum Gasteiger partial charge on any atom is -0.381 e. The zero-order valence-electron chi connectivity index (χ0n) is 12.1. The van der Waals surface area contributed by atoms with Crippen LogP contribution in [-0.4, -0.2) is 55.5 Å². The molecule has 0 amide bonds. The SMILES string of the molecule is CC1CN(C2CCOC3(CCOCC3)C2)CCC1N. The number of hydrogen-bond donors (Lipinski definition) is 1. The predicted molar refractivity (Wildman–Crippen MR) is 75.1 cm³/mol. The molecule has 0 bridgehead atoms. The van der Waals surface area contributed by atoms with E-state index in [0.29, 0.717) is 18.0 Å². The molecule has 19 heavy (non-hydrogen) atoms. The van der Waals surface area contributed by atoms with Gasteiger partial charge in [-0.3, -0.25) is 4.90 Å². The van der Waals surface area contributed by atoms with Crippen molar-refractivity contribution in [2.75, 3.05) is 32.9 Å². The Labute approximate surface area is 116 Å². The predicted octanol–water partition coefficient (Wildman–Crippen LogP) is 1.38. The number of nitrogens with zero attached hydrogens (tertiary/aromatic N) is 1. The van der Waals surface area contributed by atoms with Crippen LogP contribution in [0, 0.1) is 5.92 Å². The highest BCUT2D eigenvalue weighted by Gasteiger charge is 2.41. The van der Waals surface area contributed by atoms with E-state index in [4.69, 9.17) is 15.2 Å². The third kappa shape index (κ3) is 2.97. The van der Waals surface area contributed by atoms with Gasteiger partial charge < -0.3 is 15.2 Å². The highest BCUT2D eigenvalue weighted by molar-refractivity contribution is 4.94. The molecule has 3 rings (SSSR count). The molecule has 3 unspecified atom stereocenters. The molecule has 0 aromatic rings. The molecule has 3 saturated heterocycles. The maximum absolute atomic E-state index is 6.14. The first kappa shape index (κ1) is 13.8. The van der Waals surface area contributed by atoms with E-state index >= 15 is 0 Å². The summed E-state index contributed by atoms with van der Waals surface area (Å²) in [5.41, 5.74) is 6.25. The molecule has 0 radical (unpaired) electrons. The largest absolute Gasteiger partial charge is 0.381 e. The van der Waals surface area contributed by atoms with E-state index < -0.39 is 0 Å². The molecule has 2 N–H and O–H groups in total. The molecule has 110 valence electrons. The third-order valence-corrected chi connectivity index (χ3v) is 5.39. The molecule has 3 aliphatic heterocycles. The smallest absolute Gasteiger partial charge is 0.0741 e. The average Bonchev–Trinajstić information content (AvgIpc) is 2.43. The lowest BCUT2D eigenvalue weighted by Crippen LogP contribution is -2.55. The molecule has 0 aliphatic carbocycles. The van der Waals surface area contributed by atoms with Crippen LogP contribution in [0.15, 0.2) is 0 Å². The van der Waals surface area contributed by atoms with Gasteiger partial charge in [0.25, 0.3) is 0 Å². The average molecular weight is 268 g/mol. The van der Waals surface area contributed by atoms with Crippen LogP contribution in [0.5, 0.6) is 0 Å². The summed E-state index contributed by atoms with van der Waals surface area (Å²) in [5.74, 6) is 0.627. The fourth-order valence-electron chi connectivity index (χ4n) is 3.93. The number of ether oxygens (including phenoxy) is 2. The van der Waals surface area contributed by atoms with Crippen LogP contribution in [0.1, 0.15) is 39.0 Å². The minimum absolute atomic E-state index is 0.115. The Morgan fingerprint density at radius 2 is 1.95 bits per heavy atom. The normalized spacial score (nSPS) is 40.4. The van der Waals surface area contributed by atoms with Crippen LogP contribution in [0.25, 0.3) is 0 Å². The highest BCUT2D eigenvalue weighted by atomic mass is 16.5. The van der Waals surface area contributed by atoms with Gasteiger partial charge in [0.1, 0.15) is 0 Å². The topological polar surface area (TPSA) is 47.7 Å². The van der Waals surface area contributed by atoms with E-state index in [1.54, 1.807) is 0 Å². The van der Waals surface area contributed by atoms with Crippen molar-refractivity contribution in [2.45, 2.75) is 56.7 Å². The number of rotatable bonds is 1. The van der Waals surface area contributed by atoms with Gasteiger partial charge in [-0.05, 0) is 44.6 Å². The zero-order chi connectivity index (χ0) is 13.3. The Morgan fingerprint density at radius 1 is 1.16 bits per heavy atom. The van der Waals surface area contributed by atoms with Gasteiger partial charge in [-0.2, -0.15) is 0 Å². The van der Waals surface area contributed by atoms with Crippen molar-refractivity contribution in [2.24, 2.45) is 11.7 Å². The van der Waals surface area contributed by atoms with Crippen molar-refractivity contribution in [3.63, 3.8) is 0 Å². The Kier molecular flexibility index (Phi) is 4.13. The van der Waals surface area contributed by atoms with Crippen molar-refractivity contribution in [3.05, 3.63) is 0 Å². The van der Waals surface area contributed by atoms with Crippen molar-refractivity contribution in [1.29, 1.82) is 0 Å². The molecular weight excluding hydrogens is 240 g/mol. The lowest BCUT2D eigenvalue weighted by Gasteiger charge is -2.48. The van der Waals surface area contributed by atoms with Crippen molar-refractivity contribution in [3.8, 4) is 0 Å². The third-order valence-electron chi connectivity index (χ3n) is 5.39. The quantitative estimate of drug-likeness (QED) is 0.780. The Hall–Kier alpha value is -0.160. The summed E-state index contributed by atoms with van der Waals surface area (Å²) in [5, 5.41) is 0. The first-order valence-electron chi connectivity index (χ1n) is 7.90. The van der Waals surface area contributed by atoms with Gasteiger partial charge >= 0.3 is 0 Å². The number of likely N-dealkylation sites (tertiary alicyclic amines) is 1. The fourth-order valence-corrected chi connectivity index (χ4v) is 3.93. The molecule has 3 atom stereocenters. The van der Waals surface area contributed by atoms with Crippen molar-refractivity contribution < 1.29 is 9.47 Å². The highest BCUT2D eigenvalue weighted by Crippen LogP contribution is 2.37. The molecule has 3 heterocycles. The van der Waals surface area contributed by atoms with Gasteiger partial charge in [-0.1, -0.05) is 6.92 Å². The lowest BCUT2D eigenvalue weighted by atomic mass is 9.82. The Bertz CT molecular complexity index is 299. The van der Waals surface area contributed by atoms with Gasteiger partial charge in [0.15, 0.2) is 0 Å². The summed E-state index contributed by atoms with van der Waals surface area (Å²) in [7, 11) is 0. The van der Waals surface area contributed by atoms with Gasteiger partial charge in [-0.25, -0.2) is 0 Å². The molecule has 3 aliphatic rings. The van der Waals surface area contributed by atoms with Gasteiger partial charge in [0.2, 0.25) is 0 Å². The van der Waals surface area contributed by atoms with E-state index in [1.807, 2.05) is 0 Å². The van der Waals surface area contributed by atoms with Gasteiger partial charge in [0, 0.05) is 38.4 Å². The summed E-state index contributed by atoms with van der Waals surface area (Å²) >= 11 is 0. The van der Waals surface area contributed by atoms with E-state index in [1.165, 1.54) is 25.9 Å². The van der Waals surface area contributed by atoms with Crippen LogP contribution in [-0.2, 0) is 9.47 Å². The summed E-state index contributed by atoms with van der Waals surface area (Å²) in [4.78, 5) is 2.67.